The van der Waals surface area contributed by atoms with Gasteiger partial charge in [-0.3, -0.25) is 9.78 Å². The third kappa shape index (κ3) is 3.67. The molecule has 2 heterocycles. The lowest BCUT2D eigenvalue weighted by atomic mass is 10.0. The van der Waals surface area contributed by atoms with Crippen LogP contribution in [0, 0.1) is 6.92 Å². The molecule has 0 spiro atoms. The number of amides is 1. The Morgan fingerprint density at radius 1 is 1.21 bits per heavy atom. The van der Waals surface area contributed by atoms with Gasteiger partial charge in [0, 0.05) is 12.2 Å². The molecule has 0 unspecified atom stereocenters. The van der Waals surface area contributed by atoms with Gasteiger partial charge in [-0.1, -0.05) is 12.1 Å². The second-order valence-electron chi connectivity index (χ2n) is 5.94. The molecule has 5 heteroatoms. The number of aryl methyl sites for hydroxylation is 1. The zero-order valence-corrected chi connectivity index (χ0v) is 14.1. The van der Waals surface area contributed by atoms with Crippen molar-refractivity contribution < 1.29 is 14.3 Å². The molecule has 0 bridgehead atoms. The Kier molecular flexibility index (Phi) is 4.99. The largest absolute Gasteiger partial charge is 0.497 e. The molecule has 0 N–H and O–H groups in total. The van der Waals surface area contributed by atoms with Gasteiger partial charge in [-0.05, 0) is 49.6 Å². The second kappa shape index (κ2) is 7.34. The van der Waals surface area contributed by atoms with Crippen LogP contribution in [0.5, 0.6) is 11.5 Å². The van der Waals surface area contributed by atoms with E-state index in [0.29, 0.717) is 5.75 Å². The monoisotopic (exact) mass is 326 g/mol. The van der Waals surface area contributed by atoms with Crippen LogP contribution in [0.25, 0.3) is 0 Å². The van der Waals surface area contributed by atoms with Crippen LogP contribution in [0.1, 0.15) is 30.1 Å². The van der Waals surface area contributed by atoms with E-state index in [0.717, 1.165) is 36.4 Å². The van der Waals surface area contributed by atoms with Crippen LogP contribution in [-0.4, -0.2) is 36.1 Å². The van der Waals surface area contributed by atoms with E-state index in [1.807, 2.05) is 48.2 Å². The molecule has 5 nitrogen and oxygen atoms in total. The number of methoxy groups -OCH3 is 1. The fourth-order valence-electron chi connectivity index (χ4n) is 3.01. The van der Waals surface area contributed by atoms with Crippen molar-refractivity contribution >= 4 is 5.91 Å². The number of pyridine rings is 1. The van der Waals surface area contributed by atoms with Crippen molar-refractivity contribution in [3.63, 3.8) is 0 Å². The van der Waals surface area contributed by atoms with E-state index in [2.05, 4.69) is 4.98 Å². The zero-order chi connectivity index (χ0) is 16.9. The van der Waals surface area contributed by atoms with Gasteiger partial charge in [-0.15, -0.1) is 0 Å². The number of aromatic nitrogens is 1. The van der Waals surface area contributed by atoms with Gasteiger partial charge < -0.3 is 14.4 Å². The number of nitrogens with zero attached hydrogens (tertiary/aromatic N) is 2. The number of carbonyl (C=O) groups excluding carboxylic acids is 1. The summed E-state index contributed by atoms with van der Waals surface area (Å²) in [4.78, 5) is 18.6. The summed E-state index contributed by atoms with van der Waals surface area (Å²) in [5.41, 5.74) is 2.06. The van der Waals surface area contributed by atoms with Crippen molar-refractivity contribution in [2.75, 3.05) is 20.3 Å². The van der Waals surface area contributed by atoms with Gasteiger partial charge in [0.25, 0.3) is 5.91 Å². The third-order valence-electron chi connectivity index (χ3n) is 4.32. The number of likely N-dealkylation sites (tertiary alicyclic amines) is 1. The summed E-state index contributed by atoms with van der Waals surface area (Å²) in [5.74, 6) is 1.45. The molecule has 1 aliphatic rings. The molecular weight excluding hydrogens is 304 g/mol. The lowest BCUT2D eigenvalue weighted by Crippen LogP contribution is -2.34. The molecule has 126 valence electrons. The van der Waals surface area contributed by atoms with Crippen LogP contribution in [0.15, 0.2) is 42.6 Å². The van der Waals surface area contributed by atoms with E-state index in [1.165, 1.54) is 0 Å². The molecule has 0 aliphatic carbocycles. The number of benzene rings is 1. The van der Waals surface area contributed by atoms with Crippen LogP contribution < -0.4 is 9.47 Å². The van der Waals surface area contributed by atoms with Crippen LogP contribution in [-0.2, 0) is 4.79 Å². The molecule has 1 saturated heterocycles. The molecule has 24 heavy (non-hydrogen) atoms. The first-order valence-electron chi connectivity index (χ1n) is 8.16. The lowest BCUT2D eigenvalue weighted by molar-refractivity contribution is -0.134. The summed E-state index contributed by atoms with van der Waals surface area (Å²) in [6.07, 6.45) is 3.63. The molecule has 2 aromatic rings. The smallest absolute Gasteiger partial charge is 0.261 e. The van der Waals surface area contributed by atoms with E-state index in [1.54, 1.807) is 13.3 Å². The average molecular weight is 326 g/mol. The van der Waals surface area contributed by atoms with Crippen LogP contribution in [0.2, 0.25) is 0 Å². The highest BCUT2D eigenvalue weighted by molar-refractivity contribution is 5.78. The van der Waals surface area contributed by atoms with Gasteiger partial charge >= 0.3 is 0 Å². The predicted molar refractivity (Wildman–Crippen MR) is 91.2 cm³/mol. The minimum atomic E-state index is 0.00823. The fraction of sp³-hybridized carbons (Fsp3) is 0.368. The van der Waals surface area contributed by atoms with E-state index >= 15 is 0 Å². The summed E-state index contributed by atoms with van der Waals surface area (Å²) in [6.45, 7) is 2.72. The van der Waals surface area contributed by atoms with Gasteiger partial charge in [-0.2, -0.15) is 0 Å². The summed E-state index contributed by atoms with van der Waals surface area (Å²) in [6, 6.07) is 11.7. The van der Waals surface area contributed by atoms with E-state index in [-0.39, 0.29) is 18.6 Å². The highest BCUT2D eigenvalue weighted by Gasteiger charge is 2.30. The quantitative estimate of drug-likeness (QED) is 0.847. The van der Waals surface area contributed by atoms with E-state index in [4.69, 9.17) is 9.47 Å². The van der Waals surface area contributed by atoms with Crippen molar-refractivity contribution in [1.82, 2.24) is 9.88 Å². The van der Waals surface area contributed by atoms with Gasteiger partial charge in [0.2, 0.25) is 0 Å². The number of hydrogen-bond acceptors (Lipinski definition) is 4. The molecule has 1 fully saturated rings. The predicted octanol–water partition coefficient (Wildman–Crippen LogP) is 3.14. The molecule has 1 aliphatic heterocycles. The van der Waals surface area contributed by atoms with Crippen molar-refractivity contribution in [1.29, 1.82) is 0 Å². The topological polar surface area (TPSA) is 51.7 Å². The molecule has 3 rings (SSSR count). The average Bonchev–Trinajstić information content (AvgIpc) is 3.11. The second-order valence-corrected chi connectivity index (χ2v) is 5.94. The minimum Gasteiger partial charge on any atom is -0.497 e. The highest BCUT2D eigenvalue weighted by atomic mass is 16.5. The summed E-state index contributed by atoms with van der Waals surface area (Å²) in [5, 5.41) is 0. The number of ether oxygens (including phenoxy) is 2. The maximum atomic E-state index is 12.5. The Morgan fingerprint density at radius 2 is 1.96 bits per heavy atom. The van der Waals surface area contributed by atoms with Crippen molar-refractivity contribution in [2.45, 2.75) is 25.8 Å². The van der Waals surface area contributed by atoms with Crippen LogP contribution in [0.3, 0.4) is 0 Å². The Morgan fingerprint density at radius 3 is 2.62 bits per heavy atom. The zero-order valence-electron chi connectivity index (χ0n) is 14.1. The molecular formula is C19H22N2O3. The van der Waals surface area contributed by atoms with Crippen LogP contribution >= 0.6 is 0 Å². The fourth-order valence-corrected chi connectivity index (χ4v) is 3.01. The number of rotatable bonds is 5. The first-order chi connectivity index (χ1) is 11.7. The van der Waals surface area contributed by atoms with E-state index in [9.17, 15) is 4.79 Å². The van der Waals surface area contributed by atoms with Crippen molar-refractivity contribution in [3.8, 4) is 11.5 Å². The summed E-state index contributed by atoms with van der Waals surface area (Å²) >= 11 is 0. The summed E-state index contributed by atoms with van der Waals surface area (Å²) < 4.78 is 10.8. The normalized spacial score (nSPS) is 16.9. The first-order valence-corrected chi connectivity index (χ1v) is 8.16. The molecule has 1 atom stereocenters. The van der Waals surface area contributed by atoms with Gasteiger partial charge in [-0.25, -0.2) is 0 Å². The molecule has 0 radical (unpaired) electrons. The Hall–Kier alpha value is -2.56. The SMILES string of the molecule is COc1ccc([C@H]2CCCN2C(=O)COc2ccc(C)nc2)cc1. The molecule has 0 saturated carbocycles. The Labute approximate surface area is 142 Å². The minimum absolute atomic E-state index is 0.00823. The maximum absolute atomic E-state index is 12.5. The molecule has 1 aromatic carbocycles. The highest BCUT2D eigenvalue weighted by Crippen LogP contribution is 2.32. The van der Waals surface area contributed by atoms with Gasteiger partial charge in [0.05, 0.1) is 19.3 Å². The first kappa shape index (κ1) is 16.3. The van der Waals surface area contributed by atoms with E-state index < -0.39 is 0 Å². The van der Waals surface area contributed by atoms with Crippen LogP contribution in [0.4, 0.5) is 0 Å². The third-order valence-corrected chi connectivity index (χ3v) is 4.32. The lowest BCUT2D eigenvalue weighted by Gasteiger charge is -2.25. The molecule has 1 amide bonds. The number of carbonyl (C=O) groups is 1. The van der Waals surface area contributed by atoms with Crippen molar-refractivity contribution in [2.24, 2.45) is 0 Å². The number of hydrogen-bond donors (Lipinski definition) is 0. The standard InChI is InChI=1S/C19H22N2O3/c1-14-5-8-17(12-20-14)24-13-19(22)21-11-3-4-18(21)15-6-9-16(23-2)10-7-15/h5-10,12,18H,3-4,11,13H2,1-2H3/t18-/m1/s1. The molecule has 1 aromatic heterocycles. The van der Waals surface area contributed by atoms with Gasteiger partial charge in [0.1, 0.15) is 11.5 Å². The maximum Gasteiger partial charge on any atom is 0.261 e. The van der Waals surface area contributed by atoms with Gasteiger partial charge in [0.15, 0.2) is 6.61 Å². The Balaban J connectivity index is 1.63. The summed E-state index contributed by atoms with van der Waals surface area (Å²) in [7, 11) is 1.65. The Bertz CT molecular complexity index is 683. The van der Waals surface area contributed by atoms with Crippen molar-refractivity contribution in [3.05, 3.63) is 53.9 Å².